The molecule has 32 heavy (non-hydrogen) atoms. The van der Waals surface area contributed by atoms with E-state index < -0.39 is 0 Å². The Hall–Kier alpha value is -2.87. The lowest BCUT2D eigenvalue weighted by Gasteiger charge is -2.33. The van der Waals surface area contributed by atoms with E-state index in [9.17, 15) is 9.59 Å². The van der Waals surface area contributed by atoms with E-state index in [0.29, 0.717) is 32.4 Å². The lowest BCUT2D eigenvalue weighted by atomic mass is 9.95. The summed E-state index contributed by atoms with van der Waals surface area (Å²) < 4.78 is 0. The maximum absolute atomic E-state index is 12.9. The molecule has 2 aliphatic heterocycles. The van der Waals surface area contributed by atoms with Crippen LogP contribution in [-0.4, -0.2) is 70.3 Å². The number of pyridine rings is 1. The number of likely N-dealkylation sites (tertiary alicyclic amines) is 1. The first-order chi connectivity index (χ1) is 15.4. The molecule has 170 valence electrons. The van der Waals surface area contributed by atoms with Gasteiger partial charge in [0.15, 0.2) is 0 Å². The summed E-state index contributed by atoms with van der Waals surface area (Å²) in [6.45, 7) is 4.83. The summed E-state index contributed by atoms with van der Waals surface area (Å²) in [5.41, 5.74) is 3.02. The van der Waals surface area contributed by atoms with Crippen LogP contribution in [0.3, 0.4) is 0 Å². The second kappa shape index (κ2) is 9.73. The zero-order valence-corrected chi connectivity index (χ0v) is 19.3. The molecule has 4 rings (SSSR count). The van der Waals surface area contributed by atoms with Crippen molar-refractivity contribution in [1.82, 2.24) is 24.8 Å². The van der Waals surface area contributed by atoms with Crippen LogP contribution in [0.2, 0.25) is 0 Å². The molecule has 0 N–H and O–H groups in total. The summed E-state index contributed by atoms with van der Waals surface area (Å²) in [5.74, 6) is 1.87. The standard InChI is InChI=1S/C24H32N6O2/c1-17-20-9-10-21(31)29(3)24(20)27-23(26-17)18-7-6-13-30(15-18)22(32)11-14-28(2)16-19-8-4-5-12-25-19/h4-5,8,12,18H,6-7,9-11,13-16H2,1-3H3. The molecule has 0 spiro atoms. The van der Waals surface area contributed by atoms with E-state index in [0.717, 1.165) is 54.5 Å². The molecule has 2 aromatic rings. The SMILES string of the molecule is Cc1nc(C2CCCN(C(=O)CCN(C)Cc3ccccn3)C2)nc2c1CCC(=O)N2C. The van der Waals surface area contributed by atoms with Crippen LogP contribution in [0.5, 0.6) is 0 Å². The molecule has 8 nitrogen and oxygen atoms in total. The van der Waals surface area contributed by atoms with Crippen LogP contribution in [0.1, 0.15) is 54.4 Å². The summed E-state index contributed by atoms with van der Waals surface area (Å²) in [4.78, 5) is 44.7. The summed E-state index contributed by atoms with van der Waals surface area (Å²) in [7, 11) is 3.80. The molecule has 0 aromatic carbocycles. The van der Waals surface area contributed by atoms with E-state index in [1.54, 1.807) is 18.1 Å². The molecule has 0 bridgehead atoms. The number of anilines is 1. The number of rotatable bonds is 6. The van der Waals surface area contributed by atoms with E-state index in [1.165, 1.54) is 0 Å². The topological polar surface area (TPSA) is 82.5 Å². The van der Waals surface area contributed by atoms with Crippen LogP contribution in [0.4, 0.5) is 5.82 Å². The fraction of sp³-hybridized carbons (Fsp3) is 0.542. The van der Waals surface area contributed by atoms with E-state index in [2.05, 4.69) is 9.88 Å². The number of fused-ring (bicyclic) bond motifs is 1. The largest absolute Gasteiger partial charge is 0.342 e. The Balaban J connectivity index is 1.37. The molecule has 0 radical (unpaired) electrons. The van der Waals surface area contributed by atoms with Crippen LogP contribution in [0.15, 0.2) is 24.4 Å². The number of carbonyl (C=O) groups is 2. The van der Waals surface area contributed by atoms with Crippen LogP contribution >= 0.6 is 0 Å². The second-order valence-electron chi connectivity index (χ2n) is 8.91. The van der Waals surface area contributed by atoms with Crippen molar-refractivity contribution in [2.24, 2.45) is 0 Å². The van der Waals surface area contributed by atoms with Crippen molar-refractivity contribution in [3.05, 3.63) is 47.2 Å². The lowest BCUT2D eigenvalue weighted by Crippen LogP contribution is -2.41. The van der Waals surface area contributed by atoms with Gasteiger partial charge in [-0.2, -0.15) is 0 Å². The van der Waals surface area contributed by atoms with E-state index in [4.69, 9.17) is 9.97 Å². The summed E-state index contributed by atoms with van der Waals surface area (Å²) >= 11 is 0. The molecule has 1 fully saturated rings. The molecule has 1 saturated heterocycles. The van der Waals surface area contributed by atoms with Gasteiger partial charge >= 0.3 is 0 Å². The highest BCUT2D eigenvalue weighted by Crippen LogP contribution is 2.31. The highest BCUT2D eigenvalue weighted by atomic mass is 16.2. The number of aromatic nitrogens is 3. The normalized spacial score (nSPS) is 18.8. The van der Waals surface area contributed by atoms with Gasteiger partial charge in [-0.05, 0) is 45.4 Å². The number of aryl methyl sites for hydroxylation is 1. The fourth-order valence-electron chi connectivity index (χ4n) is 4.58. The molecule has 2 aromatic heterocycles. The van der Waals surface area contributed by atoms with Crippen molar-refractivity contribution in [2.45, 2.75) is 51.5 Å². The number of hydrogen-bond donors (Lipinski definition) is 0. The fourth-order valence-corrected chi connectivity index (χ4v) is 4.58. The Morgan fingerprint density at radius 3 is 2.88 bits per heavy atom. The van der Waals surface area contributed by atoms with Crippen LogP contribution < -0.4 is 4.90 Å². The summed E-state index contributed by atoms with van der Waals surface area (Å²) in [6, 6.07) is 5.88. The van der Waals surface area contributed by atoms with Crippen molar-refractivity contribution >= 4 is 17.6 Å². The first kappa shape index (κ1) is 22.3. The van der Waals surface area contributed by atoms with E-state index in [1.807, 2.05) is 37.1 Å². The van der Waals surface area contributed by atoms with Gasteiger partial charge in [-0.3, -0.25) is 19.5 Å². The van der Waals surface area contributed by atoms with Crippen molar-refractivity contribution in [2.75, 3.05) is 38.6 Å². The molecule has 0 saturated carbocycles. The van der Waals surface area contributed by atoms with Gasteiger partial charge < -0.3 is 9.80 Å². The molecular formula is C24H32N6O2. The third-order valence-electron chi connectivity index (χ3n) is 6.49. The maximum Gasteiger partial charge on any atom is 0.228 e. The Morgan fingerprint density at radius 2 is 2.09 bits per heavy atom. The minimum atomic E-state index is 0.0943. The van der Waals surface area contributed by atoms with Crippen LogP contribution in [0, 0.1) is 6.92 Å². The van der Waals surface area contributed by atoms with Crippen LogP contribution in [0.25, 0.3) is 0 Å². The highest BCUT2D eigenvalue weighted by molar-refractivity contribution is 5.94. The number of piperidine rings is 1. The third kappa shape index (κ3) is 4.96. The second-order valence-corrected chi connectivity index (χ2v) is 8.91. The van der Waals surface area contributed by atoms with Crippen molar-refractivity contribution in [3.63, 3.8) is 0 Å². The van der Waals surface area contributed by atoms with Crippen molar-refractivity contribution in [1.29, 1.82) is 0 Å². The number of nitrogens with zero attached hydrogens (tertiary/aromatic N) is 6. The van der Waals surface area contributed by atoms with Gasteiger partial charge in [-0.15, -0.1) is 0 Å². The first-order valence-electron chi connectivity index (χ1n) is 11.4. The minimum absolute atomic E-state index is 0.0943. The van der Waals surface area contributed by atoms with Gasteiger partial charge in [0.05, 0.1) is 5.69 Å². The molecule has 1 unspecified atom stereocenters. The molecule has 1 atom stereocenters. The van der Waals surface area contributed by atoms with Crippen molar-refractivity contribution in [3.8, 4) is 0 Å². The zero-order chi connectivity index (χ0) is 22.7. The monoisotopic (exact) mass is 436 g/mol. The predicted octanol–water partition coefficient (Wildman–Crippen LogP) is 2.32. The van der Waals surface area contributed by atoms with Crippen LogP contribution in [-0.2, 0) is 22.6 Å². The molecule has 4 heterocycles. The van der Waals surface area contributed by atoms with Gasteiger partial charge in [-0.25, -0.2) is 9.97 Å². The van der Waals surface area contributed by atoms with Gasteiger partial charge in [0.25, 0.3) is 0 Å². The molecule has 2 aliphatic rings. The van der Waals surface area contributed by atoms with Gasteiger partial charge in [0.1, 0.15) is 11.6 Å². The maximum atomic E-state index is 12.9. The number of carbonyl (C=O) groups excluding carboxylic acids is 2. The smallest absolute Gasteiger partial charge is 0.228 e. The quantitative estimate of drug-likeness (QED) is 0.691. The van der Waals surface area contributed by atoms with Crippen molar-refractivity contribution < 1.29 is 9.59 Å². The Labute approximate surface area is 189 Å². The highest BCUT2D eigenvalue weighted by Gasteiger charge is 2.30. The minimum Gasteiger partial charge on any atom is -0.342 e. The predicted molar refractivity (Wildman–Crippen MR) is 122 cm³/mol. The first-order valence-corrected chi connectivity index (χ1v) is 11.4. The van der Waals surface area contributed by atoms with E-state index >= 15 is 0 Å². The van der Waals surface area contributed by atoms with Gasteiger partial charge in [0.2, 0.25) is 11.8 Å². The summed E-state index contributed by atoms with van der Waals surface area (Å²) in [6.07, 6.45) is 5.38. The summed E-state index contributed by atoms with van der Waals surface area (Å²) in [5, 5.41) is 0. The van der Waals surface area contributed by atoms with Gasteiger partial charge in [0, 0.05) is 69.4 Å². The molecular weight excluding hydrogens is 404 g/mol. The number of amides is 2. The van der Waals surface area contributed by atoms with E-state index in [-0.39, 0.29) is 17.7 Å². The lowest BCUT2D eigenvalue weighted by molar-refractivity contribution is -0.132. The average Bonchev–Trinajstić information content (AvgIpc) is 2.80. The Morgan fingerprint density at radius 1 is 1.25 bits per heavy atom. The zero-order valence-electron chi connectivity index (χ0n) is 19.3. The molecule has 8 heteroatoms. The molecule has 0 aliphatic carbocycles. The Kier molecular flexibility index (Phi) is 6.79. The number of hydrogen-bond acceptors (Lipinski definition) is 6. The van der Waals surface area contributed by atoms with Gasteiger partial charge in [-0.1, -0.05) is 6.07 Å². The average molecular weight is 437 g/mol. The third-order valence-corrected chi connectivity index (χ3v) is 6.49. The molecule has 2 amide bonds. The Bertz CT molecular complexity index is 980.